The number of hydrogen-bond acceptors (Lipinski definition) is 2. The van der Waals surface area contributed by atoms with E-state index in [1.807, 2.05) is 0 Å². The van der Waals surface area contributed by atoms with Crippen LogP contribution >= 0.6 is 0 Å². The highest BCUT2D eigenvalue weighted by Gasteiger charge is 2.63. The van der Waals surface area contributed by atoms with E-state index >= 15 is 0 Å². The van der Waals surface area contributed by atoms with Crippen molar-refractivity contribution in [3.8, 4) is 0 Å². The van der Waals surface area contributed by atoms with Gasteiger partial charge in [0, 0.05) is 14.2 Å². The summed E-state index contributed by atoms with van der Waals surface area (Å²) < 4.78 is 65.5. The summed E-state index contributed by atoms with van der Waals surface area (Å²) in [6.07, 6.45) is 2.71. The molecule has 10 atom stereocenters. The van der Waals surface area contributed by atoms with Crippen LogP contribution in [0.1, 0.15) is 71.6 Å². The molecule has 0 spiro atoms. The van der Waals surface area contributed by atoms with E-state index in [1.54, 1.807) is 7.11 Å². The minimum absolute atomic E-state index is 0.102. The Morgan fingerprint density at radius 2 is 1.65 bits per heavy atom. The molecule has 0 bridgehead atoms. The van der Waals surface area contributed by atoms with Crippen molar-refractivity contribution in [2.75, 3.05) is 20.9 Å². The molecule has 0 aliphatic heterocycles. The van der Waals surface area contributed by atoms with Crippen molar-refractivity contribution < 1.29 is 27.0 Å². The third-order valence-electron chi connectivity index (χ3n) is 10.6. The topological polar surface area (TPSA) is 18.5 Å². The fourth-order valence-electron chi connectivity index (χ4n) is 9.00. The maximum Gasteiger partial charge on any atom is 0.417 e. The van der Waals surface area contributed by atoms with E-state index in [0.29, 0.717) is 36.0 Å². The maximum atomic E-state index is 13.8. The van der Waals surface area contributed by atoms with Crippen molar-refractivity contribution in [1.82, 2.24) is 0 Å². The molecule has 180 valence electrons. The van der Waals surface area contributed by atoms with Crippen LogP contribution in [0.4, 0.5) is 17.6 Å². The van der Waals surface area contributed by atoms with Gasteiger partial charge in [-0.05, 0) is 105 Å². The molecule has 31 heavy (non-hydrogen) atoms. The van der Waals surface area contributed by atoms with Gasteiger partial charge in [-0.3, -0.25) is 0 Å². The predicted molar refractivity (Wildman–Crippen MR) is 112 cm³/mol. The van der Waals surface area contributed by atoms with Crippen molar-refractivity contribution >= 4 is 0 Å². The molecule has 0 aromatic rings. The van der Waals surface area contributed by atoms with Crippen molar-refractivity contribution in [3.05, 3.63) is 0 Å². The zero-order valence-corrected chi connectivity index (χ0v) is 19.5. The average Bonchev–Trinajstić information content (AvgIpc) is 3.10. The summed E-state index contributed by atoms with van der Waals surface area (Å²) in [4.78, 5) is 0. The van der Waals surface area contributed by atoms with Crippen LogP contribution < -0.4 is 0 Å². The molecule has 0 aromatic carbocycles. The first-order valence-electron chi connectivity index (χ1n) is 12.3. The molecule has 4 saturated carbocycles. The number of alkyl halides is 4. The molecule has 0 heterocycles. The van der Waals surface area contributed by atoms with Crippen LogP contribution in [0.15, 0.2) is 0 Å². The Bertz CT molecular complexity index is 636. The maximum absolute atomic E-state index is 13.8. The Hall–Kier alpha value is -0.360. The van der Waals surface area contributed by atoms with E-state index in [1.165, 1.54) is 13.5 Å². The zero-order valence-electron chi connectivity index (χ0n) is 19.5. The molecule has 0 aromatic heterocycles. The third kappa shape index (κ3) is 3.66. The molecule has 4 rings (SSSR count). The Morgan fingerprint density at radius 1 is 0.935 bits per heavy atom. The number of ether oxygens (including phenoxy) is 2. The van der Waals surface area contributed by atoms with Gasteiger partial charge < -0.3 is 9.47 Å². The second-order valence-corrected chi connectivity index (χ2v) is 11.4. The predicted octanol–water partition coefficient (Wildman–Crippen LogP) is 6.82. The van der Waals surface area contributed by atoms with Crippen molar-refractivity contribution in [3.63, 3.8) is 0 Å². The molecular formula is C25H40F4O2. The van der Waals surface area contributed by atoms with Gasteiger partial charge in [0.2, 0.25) is 0 Å². The molecule has 0 unspecified atom stereocenters. The number of fused-ring (bicyclic) bond motifs is 5. The Morgan fingerprint density at radius 3 is 2.26 bits per heavy atom. The SMILES string of the molecule is CO[C@H](CF)[C@@H](C)[C@H]1CC[C@H]2[C@@H]3CC[C@@H]4C[C@@](OC)(C(F)(F)F)CC[C@@H]4[C@H]3CC[C@]12C. The minimum Gasteiger partial charge on any atom is -0.378 e. The first kappa shape index (κ1) is 23.8. The van der Waals surface area contributed by atoms with Crippen LogP contribution in [-0.4, -0.2) is 38.8 Å². The Labute approximate surface area is 184 Å². The van der Waals surface area contributed by atoms with E-state index in [0.717, 1.165) is 32.1 Å². The van der Waals surface area contributed by atoms with Gasteiger partial charge in [0.25, 0.3) is 0 Å². The van der Waals surface area contributed by atoms with Crippen LogP contribution in [-0.2, 0) is 9.47 Å². The lowest BCUT2D eigenvalue weighted by Crippen LogP contribution is -2.56. The Balaban J connectivity index is 1.50. The molecule has 4 fully saturated rings. The van der Waals surface area contributed by atoms with E-state index in [-0.39, 0.29) is 36.2 Å². The van der Waals surface area contributed by atoms with Crippen LogP contribution in [0.3, 0.4) is 0 Å². The number of methoxy groups -OCH3 is 2. The zero-order chi connectivity index (χ0) is 22.6. The summed E-state index contributed by atoms with van der Waals surface area (Å²) in [5, 5.41) is 0. The van der Waals surface area contributed by atoms with Crippen molar-refractivity contribution in [2.24, 2.45) is 46.8 Å². The quantitative estimate of drug-likeness (QED) is 0.430. The molecular weight excluding hydrogens is 408 g/mol. The van der Waals surface area contributed by atoms with Gasteiger partial charge >= 0.3 is 6.18 Å². The van der Waals surface area contributed by atoms with Gasteiger partial charge in [-0.1, -0.05) is 13.8 Å². The van der Waals surface area contributed by atoms with Crippen LogP contribution in [0, 0.1) is 46.8 Å². The van der Waals surface area contributed by atoms with Crippen LogP contribution in [0.5, 0.6) is 0 Å². The van der Waals surface area contributed by atoms with Gasteiger partial charge in [-0.25, -0.2) is 4.39 Å². The standard InChI is InChI=1S/C25H40F4O2/c1-15(22(14-26)30-3)20-7-8-21-19-6-5-16-13-24(31-4,25(27,28)29)12-10-17(16)18(19)9-11-23(20,21)2/h15-22H,5-14H2,1-4H3/t15-,16+,17-,18+,19+,20+,21-,22+,23+,24+/m0/s1. The van der Waals surface area contributed by atoms with Crippen molar-refractivity contribution in [1.29, 1.82) is 0 Å². The van der Waals surface area contributed by atoms with Gasteiger partial charge in [-0.2, -0.15) is 13.2 Å². The number of hydrogen-bond donors (Lipinski definition) is 0. The summed E-state index contributed by atoms with van der Waals surface area (Å²) in [6.45, 7) is 4.13. The van der Waals surface area contributed by atoms with Gasteiger partial charge in [0.05, 0.1) is 6.10 Å². The molecule has 2 nitrogen and oxygen atoms in total. The lowest BCUT2D eigenvalue weighted by atomic mass is 9.48. The van der Waals surface area contributed by atoms with Gasteiger partial charge in [0.1, 0.15) is 6.67 Å². The largest absolute Gasteiger partial charge is 0.417 e. The fourth-order valence-corrected chi connectivity index (χ4v) is 9.00. The minimum atomic E-state index is -4.29. The van der Waals surface area contributed by atoms with Crippen LogP contribution in [0.2, 0.25) is 0 Å². The monoisotopic (exact) mass is 448 g/mol. The highest BCUT2D eigenvalue weighted by Crippen LogP contribution is 2.66. The third-order valence-corrected chi connectivity index (χ3v) is 10.6. The number of halogens is 4. The van der Waals surface area contributed by atoms with E-state index in [4.69, 9.17) is 9.47 Å². The molecule has 4 aliphatic carbocycles. The van der Waals surface area contributed by atoms with Crippen LogP contribution in [0.25, 0.3) is 0 Å². The summed E-state index contributed by atoms with van der Waals surface area (Å²) in [6, 6.07) is 0. The molecule has 0 N–H and O–H groups in total. The van der Waals surface area contributed by atoms with E-state index in [9.17, 15) is 17.6 Å². The summed E-state index contributed by atoms with van der Waals surface area (Å²) in [7, 11) is 2.84. The highest BCUT2D eigenvalue weighted by atomic mass is 19.4. The summed E-state index contributed by atoms with van der Waals surface area (Å²) >= 11 is 0. The molecule has 0 saturated heterocycles. The lowest BCUT2D eigenvalue weighted by molar-refractivity contribution is -0.291. The molecule has 0 amide bonds. The fraction of sp³-hybridized carbons (Fsp3) is 1.00. The lowest BCUT2D eigenvalue weighted by Gasteiger charge is -2.58. The first-order chi connectivity index (χ1) is 14.6. The summed E-state index contributed by atoms with van der Waals surface area (Å²) in [5.41, 5.74) is -1.74. The highest BCUT2D eigenvalue weighted by molar-refractivity contribution is 5.09. The van der Waals surface area contributed by atoms with Gasteiger partial charge in [-0.15, -0.1) is 0 Å². The first-order valence-corrected chi connectivity index (χ1v) is 12.3. The average molecular weight is 449 g/mol. The molecule has 0 radical (unpaired) electrons. The number of rotatable bonds is 5. The van der Waals surface area contributed by atoms with Crippen molar-refractivity contribution in [2.45, 2.75) is 89.5 Å². The van der Waals surface area contributed by atoms with Gasteiger partial charge in [0.15, 0.2) is 5.60 Å². The second kappa shape index (κ2) is 8.45. The normalized spacial score (nSPS) is 47.2. The van der Waals surface area contributed by atoms with E-state index in [2.05, 4.69) is 13.8 Å². The molecule has 4 aliphatic rings. The second-order valence-electron chi connectivity index (χ2n) is 11.4. The molecule has 6 heteroatoms. The Kier molecular flexibility index (Phi) is 6.48. The summed E-state index contributed by atoms with van der Waals surface area (Å²) in [5.74, 6) is 2.98. The smallest absolute Gasteiger partial charge is 0.378 e. The van der Waals surface area contributed by atoms with E-state index < -0.39 is 18.5 Å².